The van der Waals surface area contributed by atoms with Gasteiger partial charge in [0.2, 0.25) is 0 Å². The second kappa shape index (κ2) is 7.62. The Morgan fingerprint density at radius 3 is 2.97 bits per heavy atom. The highest BCUT2D eigenvalue weighted by Crippen LogP contribution is 2.37. The predicted molar refractivity (Wildman–Crippen MR) is 107 cm³/mol. The standard InChI is InChI=1S/C21H22FN5O2/c1-13(2)5-6-17-15(10-14(22)11-23-17)18-4-3-8-26(18)19-7-9-27-20(25-19)16(12-24-27)21(28)29/h5-7,9-13,18H,3-4,8H2,1-2H3,(H,28,29)/b6-5-. The molecule has 4 heterocycles. The van der Waals surface area contributed by atoms with Crippen LogP contribution in [0.4, 0.5) is 10.2 Å². The van der Waals surface area contributed by atoms with Crippen LogP contribution in [-0.2, 0) is 0 Å². The summed E-state index contributed by atoms with van der Waals surface area (Å²) in [6.45, 7) is 4.90. The summed E-state index contributed by atoms with van der Waals surface area (Å²) in [6.07, 6.45) is 9.96. The first kappa shape index (κ1) is 19.0. The van der Waals surface area contributed by atoms with E-state index in [2.05, 4.69) is 33.8 Å². The van der Waals surface area contributed by atoms with Crippen LogP contribution in [0.2, 0.25) is 0 Å². The Morgan fingerprint density at radius 1 is 1.38 bits per heavy atom. The fraction of sp³-hybridized carbons (Fsp3) is 0.333. The minimum Gasteiger partial charge on any atom is -0.477 e. The third-order valence-corrected chi connectivity index (χ3v) is 5.05. The number of aromatic nitrogens is 4. The van der Waals surface area contributed by atoms with Gasteiger partial charge in [-0.1, -0.05) is 19.9 Å². The molecule has 8 heteroatoms. The van der Waals surface area contributed by atoms with Gasteiger partial charge in [-0.15, -0.1) is 0 Å². The van der Waals surface area contributed by atoms with Gasteiger partial charge in [0, 0.05) is 18.3 Å². The van der Waals surface area contributed by atoms with Gasteiger partial charge in [0.05, 0.1) is 24.1 Å². The molecule has 0 aromatic carbocycles. The molecule has 1 fully saturated rings. The predicted octanol–water partition coefficient (Wildman–Crippen LogP) is 3.97. The number of pyridine rings is 1. The average molecular weight is 395 g/mol. The molecule has 1 N–H and O–H groups in total. The maximum atomic E-state index is 14.0. The summed E-state index contributed by atoms with van der Waals surface area (Å²) in [6, 6.07) is 3.26. The van der Waals surface area contributed by atoms with Gasteiger partial charge in [-0.3, -0.25) is 4.98 Å². The van der Waals surface area contributed by atoms with E-state index in [0.717, 1.165) is 30.6 Å². The third-order valence-electron chi connectivity index (χ3n) is 5.05. The molecule has 1 aliphatic heterocycles. The highest BCUT2D eigenvalue weighted by atomic mass is 19.1. The number of halogens is 1. The molecule has 0 spiro atoms. The number of aromatic carboxylic acids is 1. The van der Waals surface area contributed by atoms with Crippen molar-refractivity contribution in [3.05, 3.63) is 59.4 Å². The van der Waals surface area contributed by atoms with Gasteiger partial charge in [-0.05, 0) is 37.0 Å². The van der Waals surface area contributed by atoms with Crippen LogP contribution < -0.4 is 4.90 Å². The molecule has 0 saturated carbocycles. The van der Waals surface area contributed by atoms with Crippen molar-refractivity contribution in [1.29, 1.82) is 0 Å². The molecule has 0 amide bonds. The van der Waals surface area contributed by atoms with Crippen LogP contribution in [0, 0.1) is 11.7 Å². The summed E-state index contributed by atoms with van der Waals surface area (Å²) >= 11 is 0. The SMILES string of the molecule is CC(C)/C=C\c1ncc(F)cc1C1CCCN1c1ccn2ncc(C(=O)O)c2n1. The van der Waals surface area contributed by atoms with Crippen molar-refractivity contribution in [2.45, 2.75) is 32.7 Å². The maximum Gasteiger partial charge on any atom is 0.341 e. The number of rotatable bonds is 5. The maximum absolute atomic E-state index is 14.0. The Kier molecular flexibility index (Phi) is 5.00. The minimum atomic E-state index is -1.07. The number of nitrogens with zero attached hydrogens (tertiary/aromatic N) is 5. The van der Waals surface area contributed by atoms with Crippen LogP contribution >= 0.6 is 0 Å². The lowest BCUT2D eigenvalue weighted by atomic mass is 10.0. The summed E-state index contributed by atoms with van der Waals surface area (Å²) in [5.74, 6) is -0.445. The van der Waals surface area contributed by atoms with Crippen molar-refractivity contribution in [1.82, 2.24) is 19.6 Å². The van der Waals surface area contributed by atoms with Crippen LogP contribution in [0.25, 0.3) is 11.7 Å². The number of hydrogen-bond donors (Lipinski definition) is 1. The molecular formula is C21H22FN5O2. The van der Waals surface area contributed by atoms with Crippen molar-refractivity contribution in [2.24, 2.45) is 5.92 Å². The number of hydrogen-bond acceptors (Lipinski definition) is 5. The van der Waals surface area contributed by atoms with Gasteiger partial charge in [-0.2, -0.15) is 5.10 Å². The highest BCUT2D eigenvalue weighted by Gasteiger charge is 2.30. The second-order valence-electron chi connectivity index (χ2n) is 7.50. The lowest BCUT2D eigenvalue weighted by Crippen LogP contribution is -2.25. The Morgan fingerprint density at radius 2 is 2.21 bits per heavy atom. The number of carboxylic acid groups (broad SMARTS) is 1. The van der Waals surface area contributed by atoms with E-state index in [-0.39, 0.29) is 23.1 Å². The van der Waals surface area contributed by atoms with E-state index in [1.807, 2.05) is 12.2 Å². The number of carbonyl (C=O) groups is 1. The lowest BCUT2D eigenvalue weighted by molar-refractivity contribution is 0.0698. The molecule has 1 saturated heterocycles. The van der Waals surface area contributed by atoms with E-state index in [0.29, 0.717) is 11.7 Å². The molecular weight excluding hydrogens is 373 g/mol. The monoisotopic (exact) mass is 395 g/mol. The van der Waals surface area contributed by atoms with E-state index in [4.69, 9.17) is 0 Å². The normalized spacial score (nSPS) is 17.1. The molecule has 3 aromatic heterocycles. The quantitative estimate of drug-likeness (QED) is 0.704. The van der Waals surface area contributed by atoms with Crippen LogP contribution in [-0.4, -0.2) is 37.2 Å². The molecule has 1 aliphatic rings. The highest BCUT2D eigenvalue weighted by molar-refractivity contribution is 5.94. The van der Waals surface area contributed by atoms with Gasteiger partial charge in [0.25, 0.3) is 0 Å². The molecule has 150 valence electrons. The summed E-state index contributed by atoms with van der Waals surface area (Å²) in [5.41, 5.74) is 1.90. The average Bonchev–Trinajstić information content (AvgIpc) is 3.33. The first-order valence-electron chi connectivity index (χ1n) is 9.62. The van der Waals surface area contributed by atoms with Crippen LogP contribution in [0.5, 0.6) is 0 Å². The number of carboxylic acids is 1. The molecule has 1 atom stereocenters. The van der Waals surface area contributed by atoms with Crippen molar-refractivity contribution >= 4 is 23.5 Å². The van der Waals surface area contributed by atoms with Gasteiger partial charge < -0.3 is 10.0 Å². The molecule has 0 radical (unpaired) electrons. The Labute approximate surface area is 167 Å². The van der Waals surface area contributed by atoms with Crippen molar-refractivity contribution < 1.29 is 14.3 Å². The van der Waals surface area contributed by atoms with Crippen molar-refractivity contribution in [3.63, 3.8) is 0 Å². The van der Waals surface area contributed by atoms with E-state index in [1.54, 1.807) is 12.3 Å². The zero-order valence-electron chi connectivity index (χ0n) is 16.3. The van der Waals surface area contributed by atoms with Gasteiger partial charge in [0.1, 0.15) is 17.2 Å². The largest absolute Gasteiger partial charge is 0.477 e. The van der Waals surface area contributed by atoms with E-state index in [1.165, 1.54) is 23.0 Å². The third kappa shape index (κ3) is 3.70. The molecule has 4 rings (SSSR count). The smallest absolute Gasteiger partial charge is 0.341 e. The molecule has 0 bridgehead atoms. The van der Waals surface area contributed by atoms with Gasteiger partial charge in [0.15, 0.2) is 5.65 Å². The summed E-state index contributed by atoms with van der Waals surface area (Å²) < 4.78 is 15.5. The molecule has 29 heavy (non-hydrogen) atoms. The second-order valence-corrected chi connectivity index (χ2v) is 7.50. The zero-order chi connectivity index (χ0) is 20.5. The van der Waals surface area contributed by atoms with Gasteiger partial charge in [-0.25, -0.2) is 18.7 Å². The van der Waals surface area contributed by atoms with E-state index in [9.17, 15) is 14.3 Å². The molecule has 7 nitrogen and oxygen atoms in total. The van der Waals surface area contributed by atoms with Crippen LogP contribution in [0.3, 0.4) is 0 Å². The molecule has 0 aliphatic carbocycles. The topological polar surface area (TPSA) is 83.6 Å². The molecule has 3 aromatic rings. The first-order chi connectivity index (χ1) is 13.9. The van der Waals surface area contributed by atoms with Crippen molar-refractivity contribution in [2.75, 3.05) is 11.4 Å². The Hall–Kier alpha value is -3.29. The lowest BCUT2D eigenvalue weighted by Gasteiger charge is -2.27. The van der Waals surface area contributed by atoms with E-state index < -0.39 is 5.97 Å². The minimum absolute atomic E-state index is 0.0515. The summed E-state index contributed by atoms with van der Waals surface area (Å²) in [7, 11) is 0. The van der Waals surface area contributed by atoms with Crippen LogP contribution in [0.15, 0.2) is 36.8 Å². The fourth-order valence-corrected chi connectivity index (χ4v) is 3.69. The summed E-state index contributed by atoms with van der Waals surface area (Å²) in [4.78, 5) is 22.4. The van der Waals surface area contributed by atoms with Gasteiger partial charge >= 0.3 is 5.97 Å². The Bertz CT molecular complexity index is 1090. The molecule has 1 unspecified atom stereocenters. The zero-order valence-corrected chi connectivity index (χ0v) is 16.3. The fourth-order valence-electron chi connectivity index (χ4n) is 3.69. The number of anilines is 1. The number of allylic oxidation sites excluding steroid dienone is 1. The van der Waals surface area contributed by atoms with Crippen molar-refractivity contribution in [3.8, 4) is 0 Å². The Balaban J connectivity index is 1.75. The summed E-state index contributed by atoms with van der Waals surface area (Å²) in [5, 5.41) is 13.4. The van der Waals surface area contributed by atoms with Crippen LogP contribution in [0.1, 0.15) is 54.3 Å². The van der Waals surface area contributed by atoms with E-state index >= 15 is 0 Å². The first-order valence-corrected chi connectivity index (χ1v) is 9.62. The number of fused-ring (bicyclic) bond motifs is 1.